The fraction of sp³-hybridized carbons (Fsp3) is 0.488. The number of amides is 2. The molecule has 0 unspecified atom stereocenters. The second-order valence-corrected chi connectivity index (χ2v) is 15.0. The van der Waals surface area contributed by atoms with Crippen molar-refractivity contribution in [3.05, 3.63) is 88.5 Å². The van der Waals surface area contributed by atoms with Gasteiger partial charge in [0.1, 0.15) is 34.7 Å². The number of aliphatic hydroxyl groups is 1. The minimum atomic E-state index is -1.79. The second kappa shape index (κ2) is 16.5. The van der Waals surface area contributed by atoms with E-state index < -0.39 is 53.7 Å². The van der Waals surface area contributed by atoms with Gasteiger partial charge in [-0.05, 0) is 68.9 Å². The molecule has 5 rings (SSSR count). The molecule has 2 N–H and O–H groups in total. The molecule has 0 aliphatic carbocycles. The van der Waals surface area contributed by atoms with Crippen LogP contribution in [0.3, 0.4) is 0 Å². The number of nitrogens with zero attached hydrogens (tertiary/aromatic N) is 1. The molecule has 3 aliphatic heterocycles. The molecular formula is C41H51ClN2O9. The Labute approximate surface area is 316 Å². The number of rotatable bonds is 8. The molecule has 0 radical (unpaired) electrons. The number of carbonyl (C=O) groups is 3. The van der Waals surface area contributed by atoms with Gasteiger partial charge in [-0.3, -0.25) is 14.9 Å². The molecule has 286 valence electrons. The molecule has 3 aliphatic rings. The molecule has 2 aromatic rings. The molecule has 4 bridgehead atoms. The van der Waals surface area contributed by atoms with E-state index in [9.17, 15) is 19.5 Å². The van der Waals surface area contributed by atoms with Crippen LogP contribution in [0.5, 0.6) is 5.75 Å². The molecule has 3 heterocycles. The summed E-state index contributed by atoms with van der Waals surface area (Å²) >= 11 is 6.77. The molecule has 0 aromatic heterocycles. The van der Waals surface area contributed by atoms with Crippen molar-refractivity contribution in [3.8, 4) is 5.75 Å². The number of halogens is 1. The SMILES string of the molecule is C=C(C)c1ccc(CCCC(=O)O[C@H]2CC(=O)N(C)c3cc(cc(OC)c3Cl)C/C(C)=C/C=C/[C@@H](OC)[C@@]3(O)C[C@H](OC(=O)N3)[C@@H](C)[C@@H]3O[C@@]23C)cc1. The predicted octanol–water partition coefficient (Wildman–Crippen LogP) is 6.72. The van der Waals surface area contributed by atoms with Gasteiger partial charge in [-0.15, -0.1) is 0 Å². The minimum Gasteiger partial charge on any atom is -0.495 e. The lowest BCUT2D eigenvalue weighted by atomic mass is 9.83. The smallest absolute Gasteiger partial charge is 0.409 e. The molecule has 12 heteroatoms. The van der Waals surface area contributed by atoms with E-state index in [1.165, 1.54) is 19.1 Å². The summed E-state index contributed by atoms with van der Waals surface area (Å²) < 4.78 is 29.3. The van der Waals surface area contributed by atoms with Crippen LogP contribution >= 0.6 is 11.6 Å². The summed E-state index contributed by atoms with van der Waals surface area (Å²) in [6.07, 6.45) is 2.85. The lowest BCUT2D eigenvalue weighted by Gasteiger charge is -2.42. The third-order valence-electron chi connectivity index (χ3n) is 10.5. The van der Waals surface area contributed by atoms with Gasteiger partial charge in [-0.2, -0.15) is 0 Å². The second-order valence-electron chi connectivity index (χ2n) is 14.6. The summed E-state index contributed by atoms with van der Waals surface area (Å²) in [5.41, 5.74) is 2.46. The summed E-state index contributed by atoms with van der Waals surface area (Å²) in [5, 5.41) is 14.5. The van der Waals surface area contributed by atoms with E-state index in [0.29, 0.717) is 30.7 Å². The number of hydrogen-bond acceptors (Lipinski definition) is 9. The van der Waals surface area contributed by atoms with E-state index in [2.05, 4.69) is 11.9 Å². The zero-order chi connectivity index (χ0) is 38.7. The van der Waals surface area contributed by atoms with Gasteiger partial charge in [-0.25, -0.2) is 4.79 Å². The molecule has 2 fully saturated rings. The Morgan fingerprint density at radius 3 is 2.57 bits per heavy atom. The number of ether oxygens (including phenoxy) is 5. The predicted molar refractivity (Wildman–Crippen MR) is 203 cm³/mol. The van der Waals surface area contributed by atoms with Crippen LogP contribution in [0.1, 0.15) is 70.1 Å². The molecule has 2 aromatic carbocycles. The standard InChI is InChI=1S/C41H51ClN2O9/c1-24(2)29-17-15-27(16-18-29)12-10-14-36(46)52-34-22-35(45)44(6)30-20-28(21-31(49-7)37(30)42)19-25(3)11-9-13-33(50-8)41(48)23-32(51-39(47)43-41)26(4)38-40(34,5)53-38/h9,11,13,15-18,20-21,26,32-34,38,48H,1,10,12,14,19,22-23H2,2-8H3,(H,43,47)/b13-9+,25-11+/t26-,32+,33-,34+,38+,40+,41+/m1/s1. The normalized spacial score (nSPS) is 30.5. The molecule has 2 saturated heterocycles. The molecule has 7 atom stereocenters. The number of methoxy groups -OCH3 is 2. The Hall–Kier alpha value is -4.16. The average Bonchev–Trinajstić information content (AvgIpc) is 3.81. The summed E-state index contributed by atoms with van der Waals surface area (Å²) in [7, 11) is 4.58. The van der Waals surface area contributed by atoms with Crippen LogP contribution in [0, 0.1) is 5.92 Å². The Morgan fingerprint density at radius 2 is 1.91 bits per heavy atom. The third-order valence-corrected chi connectivity index (χ3v) is 10.9. The van der Waals surface area contributed by atoms with Gasteiger partial charge in [0.25, 0.3) is 0 Å². The highest BCUT2D eigenvalue weighted by molar-refractivity contribution is 6.35. The van der Waals surface area contributed by atoms with Crippen LogP contribution in [-0.4, -0.2) is 80.1 Å². The lowest BCUT2D eigenvalue weighted by Crippen LogP contribution is -2.63. The number of alkyl carbamates (subject to hydrolysis) is 1. The average molecular weight is 751 g/mol. The molecular weight excluding hydrogens is 700 g/mol. The number of epoxide rings is 1. The first kappa shape index (κ1) is 40.0. The number of nitrogens with one attached hydrogen (secondary N) is 1. The Balaban J connectivity index is 1.45. The molecule has 2 amide bonds. The van der Waals surface area contributed by atoms with E-state index in [4.69, 9.17) is 35.3 Å². The van der Waals surface area contributed by atoms with Crippen molar-refractivity contribution >= 4 is 40.8 Å². The van der Waals surface area contributed by atoms with Crippen molar-refractivity contribution < 1.29 is 43.2 Å². The summed E-state index contributed by atoms with van der Waals surface area (Å²) in [5.74, 6) is -0.883. The zero-order valence-corrected chi connectivity index (χ0v) is 32.3. The lowest BCUT2D eigenvalue weighted by molar-refractivity contribution is -0.154. The quantitative estimate of drug-likeness (QED) is 0.223. The molecule has 0 saturated carbocycles. The van der Waals surface area contributed by atoms with Crippen LogP contribution in [0.4, 0.5) is 10.5 Å². The largest absolute Gasteiger partial charge is 0.495 e. The van der Waals surface area contributed by atoms with Gasteiger partial charge >= 0.3 is 12.1 Å². The van der Waals surface area contributed by atoms with Gasteiger partial charge in [0, 0.05) is 32.9 Å². The van der Waals surface area contributed by atoms with Crippen LogP contribution in [0.15, 0.2) is 66.8 Å². The highest BCUT2D eigenvalue weighted by Gasteiger charge is 2.64. The van der Waals surface area contributed by atoms with Crippen LogP contribution in [0.25, 0.3) is 5.57 Å². The minimum absolute atomic E-state index is 0.00894. The van der Waals surface area contributed by atoms with Crippen molar-refractivity contribution in [1.82, 2.24) is 5.32 Å². The number of anilines is 1. The highest BCUT2D eigenvalue weighted by Crippen LogP contribution is 2.49. The van der Waals surface area contributed by atoms with Crippen molar-refractivity contribution in [2.75, 3.05) is 26.2 Å². The van der Waals surface area contributed by atoms with E-state index in [1.54, 1.807) is 26.1 Å². The van der Waals surface area contributed by atoms with Crippen LogP contribution in [0.2, 0.25) is 5.02 Å². The number of fused-ring (bicyclic) bond motifs is 5. The van der Waals surface area contributed by atoms with Crippen molar-refractivity contribution in [1.29, 1.82) is 0 Å². The van der Waals surface area contributed by atoms with Gasteiger partial charge in [-0.1, -0.05) is 78.7 Å². The molecule has 53 heavy (non-hydrogen) atoms. The maximum atomic E-state index is 14.1. The van der Waals surface area contributed by atoms with E-state index in [1.807, 2.05) is 63.2 Å². The summed E-state index contributed by atoms with van der Waals surface area (Å²) in [4.78, 5) is 41.8. The maximum Gasteiger partial charge on any atom is 0.409 e. The number of aryl methyl sites for hydroxylation is 1. The number of hydrogen-bond donors (Lipinski definition) is 2. The maximum absolute atomic E-state index is 14.1. The molecule has 11 nitrogen and oxygen atoms in total. The van der Waals surface area contributed by atoms with Crippen LogP contribution in [-0.2, 0) is 41.4 Å². The Bertz CT molecular complexity index is 1770. The van der Waals surface area contributed by atoms with Gasteiger partial charge in [0.2, 0.25) is 5.91 Å². The van der Waals surface area contributed by atoms with Gasteiger partial charge in [0.05, 0.1) is 25.3 Å². The fourth-order valence-electron chi connectivity index (χ4n) is 7.22. The monoisotopic (exact) mass is 750 g/mol. The fourth-order valence-corrected chi connectivity index (χ4v) is 7.53. The van der Waals surface area contributed by atoms with Crippen molar-refractivity contribution in [2.45, 2.75) is 102 Å². The Kier molecular flexibility index (Phi) is 12.4. The number of benzene rings is 2. The Morgan fingerprint density at radius 1 is 1.19 bits per heavy atom. The first-order valence-corrected chi connectivity index (χ1v) is 18.3. The van der Waals surface area contributed by atoms with Crippen molar-refractivity contribution in [2.24, 2.45) is 5.92 Å². The van der Waals surface area contributed by atoms with Crippen molar-refractivity contribution in [3.63, 3.8) is 0 Å². The first-order chi connectivity index (χ1) is 25.1. The number of esters is 1. The van der Waals surface area contributed by atoms with E-state index in [0.717, 1.165) is 27.8 Å². The summed E-state index contributed by atoms with van der Waals surface area (Å²) in [6, 6.07) is 11.7. The van der Waals surface area contributed by atoms with Gasteiger partial charge in [0.15, 0.2) is 5.72 Å². The van der Waals surface area contributed by atoms with E-state index >= 15 is 0 Å². The van der Waals surface area contributed by atoms with Gasteiger partial charge < -0.3 is 33.7 Å². The topological polar surface area (TPSA) is 136 Å². The number of allylic oxidation sites excluding steroid dienone is 4. The molecule has 0 spiro atoms. The van der Waals surface area contributed by atoms with Crippen LogP contribution < -0.4 is 15.0 Å². The first-order valence-electron chi connectivity index (χ1n) is 17.9. The number of carbonyl (C=O) groups excluding carboxylic acids is 3. The highest BCUT2D eigenvalue weighted by atomic mass is 35.5. The summed E-state index contributed by atoms with van der Waals surface area (Å²) in [6.45, 7) is 11.5. The zero-order valence-electron chi connectivity index (χ0n) is 31.6. The third kappa shape index (κ3) is 9.15. The van der Waals surface area contributed by atoms with E-state index in [-0.39, 0.29) is 30.2 Å².